The van der Waals surface area contributed by atoms with E-state index in [1.165, 1.54) is 38.5 Å². The van der Waals surface area contributed by atoms with Gasteiger partial charge in [0.2, 0.25) is 5.91 Å². The molecule has 0 bridgehead atoms. The van der Waals surface area contributed by atoms with E-state index in [9.17, 15) is 4.79 Å². The van der Waals surface area contributed by atoms with Crippen molar-refractivity contribution in [3.63, 3.8) is 0 Å². The Kier molecular flexibility index (Phi) is 5.92. The number of hydrogen-bond donors (Lipinski definition) is 1. The van der Waals surface area contributed by atoms with E-state index >= 15 is 0 Å². The minimum Gasteiger partial charge on any atom is -0.341 e. The molecule has 0 aliphatic carbocycles. The lowest BCUT2D eigenvalue weighted by Crippen LogP contribution is -2.49. The van der Waals surface area contributed by atoms with Crippen LogP contribution in [0.2, 0.25) is 0 Å². The maximum absolute atomic E-state index is 12.6. The zero-order valence-electron chi connectivity index (χ0n) is 13.3. The molecule has 3 heterocycles. The van der Waals surface area contributed by atoms with Gasteiger partial charge in [-0.15, -0.1) is 12.4 Å². The monoisotopic (exact) mass is 315 g/mol. The van der Waals surface area contributed by atoms with Gasteiger partial charge in [-0.2, -0.15) is 0 Å². The van der Waals surface area contributed by atoms with Gasteiger partial charge in [0.1, 0.15) is 0 Å². The highest BCUT2D eigenvalue weighted by Crippen LogP contribution is 2.39. The molecule has 3 aliphatic rings. The molecule has 3 rings (SSSR count). The second-order valence-corrected chi connectivity index (χ2v) is 7.03. The van der Waals surface area contributed by atoms with E-state index in [1.807, 2.05) is 0 Å². The highest BCUT2D eigenvalue weighted by Gasteiger charge is 2.41. The Morgan fingerprint density at radius 1 is 1.05 bits per heavy atom. The predicted molar refractivity (Wildman–Crippen MR) is 87.9 cm³/mol. The molecule has 21 heavy (non-hydrogen) atoms. The normalized spacial score (nSPS) is 27.4. The molecule has 0 aromatic heterocycles. The van der Waals surface area contributed by atoms with E-state index < -0.39 is 0 Å². The summed E-state index contributed by atoms with van der Waals surface area (Å²) in [5.74, 6) is 0.371. The fraction of sp³-hybridized carbons (Fsp3) is 0.938. The SMILES string of the molecule is CC(C(=O)N1CCCCC1)N1CCC2(CCNCC2)C1.Cl. The van der Waals surface area contributed by atoms with Crippen molar-refractivity contribution in [1.82, 2.24) is 15.1 Å². The third-order valence-electron chi connectivity index (χ3n) is 5.70. The van der Waals surface area contributed by atoms with Gasteiger partial charge in [0, 0.05) is 19.6 Å². The van der Waals surface area contributed by atoms with Crippen LogP contribution in [0.3, 0.4) is 0 Å². The van der Waals surface area contributed by atoms with Gasteiger partial charge in [-0.05, 0) is 70.5 Å². The maximum atomic E-state index is 12.6. The van der Waals surface area contributed by atoms with Crippen molar-refractivity contribution in [2.24, 2.45) is 5.41 Å². The smallest absolute Gasteiger partial charge is 0.239 e. The number of nitrogens with zero attached hydrogens (tertiary/aromatic N) is 2. The predicted octanol–water partition coefficient (Wildman–Crippen LogP) is 1.88. The summed E-state index contributed by atoms with van der Waals surface area (Å²) in [7, 11) is 0. The number of amides is 1. The van der Waals surface area contributed by atoms with Crippen LogP contribution in [0.25, 0.3) is 0 Å². The van der Waals surface area contributed by atoms with Crippen molar-refractivity contribution in [2.75, 3.05) is 39.3 Å². The molecule has 0 saturated carbocycles. The van der Waals surface area contributed by atoms with E-state index in [2.05, 4.69) is 22.0 Å². The first-order valence-electron chi connectivity index (χ1n) is 8.44. The van der Waals surface area contributed by atoms with Crippen molar-refractivity contribution in [3.8, 4) is 0 Å². The number of halogens is 1. The molecule has 3 aliphatic heterocycles. The average Bonchev–Trinajstić information content (AvgIpc) is 2.91. The topological polar surface area (TPSA) is 35.6 Å². The van der Waals surface area contributed by atoms with E-state index in [-0.39, 0.29) is 18.4 Å². The number of carbonyl (C=O) groups excluding carboxylic acids is 1. The van der Waals surface area contributed by atoms with Crippen LogP contribution in [0.1, 0.15) is 45.4 Å². The summed E-state index contributed by atoms with van der Waals surface area (Å²) in [6.07, 6.45) is 7.52. The number of nitrogens with one attached hydrogen (secondary N) is 1. The first kappa shape index (κ1) is 17.0. The van der Waals surface area contributed by atoms with Crippen molar-refractivity contribution in [1.29, 1.82) is 0 Å². The van der Waals surface area contributed by atoms with Gasteiger partial charge in [-0.25, -0.2) is 0 Å². The molecule has 0 radical (unpaired) electrons. The zero-order chi connectivity index (χ0) is 14.0. The van der Waals surface area contributed by atoms with Crippen LogP contribution in [0.15, 0.2) is 0 Å². The summed E-state index contributed by atoms with van der Waals surface area (Å²) in [6.45, 7) is 8.63. The Bertz CT molecular complexity index is 351. The summed E-state index contributed by atoms with van der Waals surface area (Å²) in [5, 5.41) is 3.46. The molecule has 1 atom stereocenters. The third kappa shape index (κ3) is 3.72. The Morgan fingerprint density at radius 2 is 1.71 bits per heavy atom. The van der Waals surface area contributed by atoms with Crippen molar-refractivity contribution in [2.45, 2.75) is 51.5 Å². The molecule has 4 nitrogen and oxygen atoms in total. The average molecular weight is 316 g/mol. The number of likely N-dealkylation sites (tertiary alicyclic amines) is 2. The summed E-state index contributed by atoms with van der Waals surface area (Å²) >= 11 is 0. The Hall–Kier alpha value is -0.320. The molecule has 3 fully saturated rings. The van der Waals surface area contributed by atoms with Gasteiger partial charge in [0.15, 0.2) is 0 Å². The number of hydrogen-bond acceptors (Lipinski definition) is 3. The Balaban J connectivity index is 0.00000161. The lowest BCUT2D eigenvalue weighted by atomic mass is 9.78. The fourth-order valence-electron chi connectivity index (χ4n) is 4.20. The molecule has 5 heteroatoms. The summed E-state index contributed by atoms with van der Waals surface area (Å²) < 4.78 is 0. The van der Waals surface area contributed by atoms with Crippen LogP contribution in [0.4, 0.5) is 0 Å². The third-order valence-corrected chi connectivity index (χ3v) is 5.70. The second kappa shape index (κ2) is 7.30. The van der Waals surface area contributed by atoms with E-state index in [0.717, 1.165) is 39.3 Å². The van der Waals surface area contributed by atoms with E-state index in [4.69, 9.17) is 0 Å². The quantitative estimate of drug-likeness (QED) is 0.845. The van der Waals surface area contributed by atoms with E-state index in [0.29, 0.717) is 11.3 Å². The molecule has 0 aromatic rings. The molecule has 0 aromatic carbocycles. The first-order valence-corrected chi connectivity index (χ1v) is 8.44. The van der Waals surface area contributed by atoms with Gasteiger partial charge in [-0.1, -0.05) is 0 Å². The van der Waals surface area contributed by atoms with Gasteiger partial charge in [-0.3, -0.25) is 9.69 Å². The van der Waals surface area contributed by atoms with Crippen LogP contribution in [-0.2, 0) is 4.79 Å². The molecular formula is C16H30ClN3O. The molecule has 3 saturated heterocycles. The summed E-state index contributed by atoms with van der Waals surface area (Å²) in [6, 6.07) is 0.0855. The number of piperidine rings is 2. The van der Waals surface area contributed by atoms with Crippen LogP contribution in [0, 0.1) is 5.41 Å². The molecule has 1 unspecified atom stereocenters. The lowest BCUT2D eigenvalue weighted by molar-refractivity contribution is -0.137. The number of rotatable bonds is 2. The standard InChI is InChI=1S/C16H29N3O.ClH/c1-14(15(20)18-10-3-2-4-11-18)19-12-7-16(13-19)5-8-17-9-6-16;/h14,17H,2-13H2,1H3;1H. The van der Waals surface area contributed by atoms with Crippen LogP contribution >= 0.6 is 12.4 Å². The van der Waals surface area contributed by atoms with E-state index in [1.54, 1.807) is 0 Å². The maximum Gasteiger partial charge on any atom is 0.239 e. The van der Waals surface area contributed by atoms with Gasteiger partial charge in [0.05, 0.1) is 6.04 Å². The Morgan fingerprint density at radius 3 is 2.38 bits per heavy atom. The van der Waals surface area contributed by atoms with Crippen LogP contribution in [-0.4, -0.2) is 61.0 Å². The fourth-order valence-corrected chi connectivity index (χ4v) is 4.20. The van der Waals surface area contributed by atoms with Gasteiger partial charge in [0.25, 0.3) is 0 Å². The lowest BCUT2D eigenvalue weighted by Gasteiger charge is -2.36. The van der Waals surface area contributed by atoms with Gasteiger partial charge >= 0.3 is 0 Å². The van der Waals surface area contributed by atoms with Crippen LogP contribution in [0.5, 0.6) is 0 Å². The molecule has 1 spiro atoms. The molecular weight excluding hydrogens is 286 g/mol. The van der Waals surface area contributed by atoms with Gasteiger partial charge < -0.3 is 10.2 Å². The van der Waals surface area contributed by atoms with Crippen LogP contribution < -0.4 is 5.32 Å². The first-order chi connectivity index (χ1) is 9.70. The largest absolute Gasteiger partial charge is 0.341 e. The second-order valence-electron chi connectivity index (χ2n) is 7.03. The number of carbonyl (C=O) groups is 1. The summed E-state index contributed by atoms with van der Waals surface area (Å²) in [5.41, 5.74) is 0.502. The van der Waals surface area contributed by atoms with Crippen molar-refractivity contribution in [3.05, 3.63) is 0 Å². The molecule has 1 amide bonds. The van der Waals surface area contributed by atoms with Crippen molar-refractivity contribution < 1.29 is 4.79 Å². The highest BCUT2D eigenvalue weighted by atomic mass is 35.5. The Labute approximate surface area is 135 Å². The highest BCUT2D eigenvalue weighted by molar-refractivity contribution is 5.85. The minimum atomic E-state index is 0. The summed E-state index contributed by atoms with van der Waals surface area (Å²) in [4.78, 5) is 17.2. The minimum absolute atomic E-state index is 0. The zero-order valence-corrected chi connectivity index (χ0v) is 14.1. The van der Waals surface area contributed by atoms with Crippen molar-refractivity contribution >= 4 is 18.3 Å². The molecule has 1 N–H and O–H groups in total. The molecule has 122 valence electrons.